The van der Waals surface area contributed by atoms with Gasteiger partial charge in [-0.3, -0.25) is 0 Å². The maximum atomic E-state index is 5.11. The molecule has 0 unspecified atom stereocenters. The van der Waals surface area contributed by atoms with E-state index in [0.29, 0.717) is 17.5 Å². The van der Waals surface area contributed by atoms with Crippen LogP contribution in [0.5, 0.6) is 0 Å². The molecule has 0 bridgehead atoms. The average molecular weight is 679 g/mol. The minimum Gasteiger partial charge on any atom is -0.310 e. The Labute approximate surface area is 308 Å². The van der Waals surface area contributed by atoms with Gasteiger partial charge in [-0.15, -0.1) is 0 Å². The number of rotatable bonds is 6. The van der Waals surface area contributed by atoms with Gasteiger partial charge in [0.25, 0.3) is 0 Å². The van der Waals surface area contributed by atoms with Crippen molar-refractivity contribution in [1.29, 1.82) is 0 Å². The van der Waals surface area contributed by atoms with Crippen molar-refractivity contribution in [3.8, 4) is 51.0 Å². The molecule has 0 atom stereocenters. The predicted octanol–water partition coefficient (Wildman–Crippen LogP) is 12.1. The quantitative estimate of drug-likeness (QED) is 0.176. The first-order valence-corrected chi connectivity index (χ1v) is 18.2. The van der Waals surface area contributed by atoms with Gasteiger partial charge in [-0.25, -0.2) is 15.0 Å². The van der Waals surface area contributed by atoms with E-state index in [2.05, 4.69) is 162 Å². The fourth-order valence-electron chi connectivity index (χ4n) is 7.81. The number of hydrogen-bond donors (Lipinski definition) is 0. The lowest BCUT2D eigenvalue weighted by molar-refractivity contribution is 0.981. The predicted molar refractivity (Wildman–Crippen MR) is 219 cm³/mol. The van der Waals surface area contributed by atoms with Crippen LogP contribution < -0.4 is 0 Å². The fourth-order valence-corrected chi connectivity index (χ4v) is 7.81. The van der Waals surface area contributed by atoms with Crippen LogP contribution >= 0.6 is 0 Å². The second-order valence-electron chi connectivity index (χ2n) is 13.6. The third kappa shape index (κ3) is 5.62. The molecular weight excluding hydrogens is 645 g/mol. The van der Waals surface area contributed by atoms with Gasteiger partial charge >= 0.3 is 0 Å². The molecule has 0 saturated carbocycles. The van der Waals surface area contributed by atoms with E-state index in [1.165, 1.54) is 49.6 Å². The molecule has 0 aliphatic heterocycles. The van der Waals surface area contributed by atoms with Crippen LogP contribution in [-0.4, -0.2) is 19.5 Å². The molecule has 2 aromatic heterocycles. The van der Waals surface area contributed by atoms with E-state index in [4.69, 9.17) is 15.0 Å². The lowest BCUT2D eigenvalue weighted by Gasteiger charge is -2.19. The zero-order valence-corrected chi connectivity index (χ0v) is 29.0. The van der Waals surface area contributed by atoms with Crippen LogP contribution in [0, 0.1) is 0 Å². The van der Waals surface area contributed by atoms with Crippen LogP contribution in [0.15, 0.2) is 176 Å². The molecule has 0 radical (unpaired) electrons. The van der Waals surface area contributed by atoms with Crippen molar-refractivity contribution < 1.29 is 0 Å². The molecule has 0 N–H and O–H groups in total. The Morgan fingerprint density at radius 1 is 0.415 bits per heavy atom. The van der Waals surface area contributed by atoms with Crippen LogP contribution in [-0.2, 0) is 6.42 Å². The summed E-state index contributed by atoms with van der Waals surface area (Å²) in [6.07, 6.45) is 4.40. The highest BCUT2D eigenvalue weighted by Gasteiger charge is 2.23. The number of fused-ring (bicyclic) bond motifs is 4. The third-order valence-electron chi connectivity index (χ3n) is 10.4. The van der Waals surface area contributed by atoms with E-state index >= 15 is 0 Å². The third-order valence-corrected chi connectivity index (χ3v) is 10.4. The molecule has 10 rings (SSSR count). The normalized spacial score (nSPS) is 12.5. The van der Waals surface area contributed by atoms with E-state index in [-0.39, 0.29) is 0 Å². The standard InChI is InChI=1S/C49H34N4/c1-3-13-33(14-4-1)34-25-27-37(28-26-34)48-50-47(36-16-5-2-6-17-36)51-49(52-48)39-19-11-20-40(31-39)53-45-24-10-9-22-43(45)44-30-29-38(32-46(44)53)42-23-12-18-35-15-7-8-21-41(35)42/h1-28,31-32H,29-30H2. The van der Waals surface area contributed by atoms with Gasteiger partial charge in [0.15, 0.2) is 17.5 Å². The van der Waals surface area contributed by atoms with Crippen molar-refractivity contribution in [2.45, 2.75) is 12.8 Å². The van der Waals surface area contributed by atoms with Gasteiger partial charge < -0.3 is 4.57 Å². The first-order chi connectivity index (χ1) is 26.3. The second kappa shape index (κ2) is 13.0. The van der Waals surface area contributed by atoms with E-state index in [1.807, 2.05) is 24.3 Å². The fraction of sp³-hybridized carbons (Fsp3) is 0.0408. The molecule has 1 aliphatic rings. The van der Waals surface area contributed by atoms with Gasteiger partial charge in [0.2, 0.25) is 0 Å². The highest BCUT2D eigenvalue weighted by molar-refractivity contribution is 6.01. The largest absolute Gasteiger partial charge is 0.310 e. The Kier molecular flexibility index (Phi) is 7.58. The van der Waals surface area contributed by atoms with Gasteiger partial charge in [-0.2, -0.15) is 0 Å². The summed E-state index contributed by atoms with van der Waals surface area (Å²) in [6.45, 7) is 0. The van der Waals surface area contributed by atoms with Gasteiger partial charge in [-0.05, 0) is 75.7 Å². The van der Waals surface area contributed by atoms with Crippen molar-refractivity contribution in [3.05, 3.63) is 193 Å². The van der Waals surface area contributed by atoms with Crippen LogP contribution in [0.2, 0.25) is 0 Å². The smallest absolute Gasteiger partial charge is 0.164 e. The van der Waals surface area contributed by atoms with Crippen molar-refractivity contribution in [2.75, 3.05) is 0 Å². The Bertz CT molecular complexity index is 2810. The van der Waals surface area contributed by atoms with Crippen LogP contribution in [0.1, 0.15) is 23.2 Å². The van der Waals surface area contributed by atoms with E-state index in [9.17, 15) is 0 Å². The lowest BCUT2D eigenvalue weighted by Crippen LogP contribution is -2.04. The molecule has 250 valence electrons. The number of para-hydroxylation sites is 1. The molecule has 9 aromatic rings. The Hall–Kier alpha value is -6.91. The highest BCUT2D eigenvalue weighted by Crippen LogP contribution is 2.40. The SMILES string of the molecule is C1=C(c2cccc3ccccc23)CCc2c1n(-c1cccc(-c3nc(-c4ccccc4)nc(-c4ccc(-c5ccccc5)cc4)n3)c1)c1ccccc21. The van der Waals surface area contributed by atoms with E-state index in [1.54, 1.807) is 0 Å². The maximum Gasteiger partial charge on any atom is 0.164 e. The van der Waals surface area contributed by atoms with Crippen LogP contribution in [0.25, 0.3) is 84.3 Å². The first kappa shape index (κ1) is 30.9. The van der Waals surface area contributed by atoms with Crippen molar-refractivity contribution in [1.82, 2.24) is 19.5 Å². The minimum atomic E-state index is 0.639. The number of aryl methyl sites for hydroxylation is 1. The van der Waals surface area contributed by atoms with Crippen LogP contribution in [0.4, 0.5) is 0 Å². The summed E-state index contributed by atoms with van der Waals surface area (Å²) in [7, 11) is 0. The molecule has 7 aromatic carbocycles. The average Bonchev–Trinajstić information content (AvgIpc) is 3.58. The van der Waals surface area contributed by atoms with Gasteiger partial charge in [-0.1, -0.05) is 158 Å². The number of benzene rings is 7. The Morgan fingerprint density at radius 3 is 1.74 bits per heavy atom. The summed E-state index contributed by atoms with van der Waals surface area (Å²) in [6, 6.07) is 61.8. The molecular formula is C49H34N4. The summed E-state index contributed by atoms with van der Waals surface area (Å²) < 4.78 is 2.42. The Balaban J connectivity index is 1.11. The monoisotopic (exact) mass is 678 g/mol. The van der Waals surface area contributed by atoms with E-state index < -0.39 is 0 Å². The van der Waals surface area contributed by atoms with E-state index in [0.717, 1.165) is 40.8 Å². The Morgan fingerprint density at radius 2 is 0.962 bits per heavy atom. The number of nitrogens with zero attached hydrogens (tertiary/aromatic N) is 4. The summed E-state index contributed by atoms with van der Waals surface area (Å²) in [4.78, 5) is 15.2. The van der Waals surface area contributed by atoms with Crippen molar-refractivity contribution in [2.24, 2.45) is 0 Å². The summed E-state index contributed by atoms with van der Waals surface area (Å²) in [5.41, 5.74) is 12.7. The molecule has 0 amide bonds. The number of allylic oxidation sites excluding steroid dienone is 1. The molecule has 2 heterocycles. The molecule has 53 heavy (non-hydrogen) atoms. The summed E-state index contributed by atoms with van der Waals surface area (Å²) in [5, 5.41) is 3.86. The lowest BCUT2D eigenvalue weighted by atomic mass is 9.88. The second-order valence-corrected chi connectivity index (χ2v) is 13.6. The van der Waals surface area contributed by atoms with Crippen LogP contribution in [0.3, 0.4) is 0 Å². The molecule has 0 saturated heterocycles. The summed E-state index contributed by atoms with van der Waals surface area (Å²) in [5.74, 6) is 1.93. The van der Waals surface area contributed by atoms with Crippen molar-refractivity contribution >= 4 is 33.3 Å². The number of aromatic nitrogens is 4. The zero-order valence-electron chi connectivity index (χ0n) is 29.0. The molecule has 4 nitrogen and oxygen atoms in total. The maximum absolute atomic E-state index is 5.11. The van der Waals surface area contributed by atoms with Gasteiger partial charge in [0.1, 0.15) is 0 Å². The van der Waals surface area contributed by atoms with Crippen molar-refractivity contribution in [3.63, 3.8) is 0 Å². The molecule has 0 spiro atoms. The topological polar surface area (TPSA) is 43.6 Å². The molecule has 4 heteroatoms. The minimum absolute atomic E-state index is 0.639. The zero-order chi connectivity index (χ0) is 35.1. The first-order valence-electron chi connectivity index (χ1n) is 18.2. The highest BCUT2D eigenvalue weighted by atomic mass is 15.0. The molecule has 0 fully saturated rings. The summed E-state index contributed by atoms with van der Waals surface area (Å²) >= 11 is 0. The molecule has 1 aliphatic carbocycles. The van der Waals surface area contributed by atoms with Gasteiger partial charge in [0, 0.05) is 27.8 Å². The number of hydrogen-bond acceptors (Lipinski definition) is 3. The van der Waals surface area contributed by atoms with Gasteiger partial charge in [0.05, 0.1) is 11.2 Å².